The van der Waals surface area contributed by atoms with Gasteiger partial charge < -0.3 is 0 Å². The van der Waals surface area contributed by atoms with E-state index >= 15 is 0 Å². The Morgan fingerprint density at radius 3 is 2.43 bits per heavy atom. The lowest BCUT2D eigenvalue weighted by atomic mass is 10.0. The van der Waals surface area contributed by atoms with E-state index in [9.17, 15) is 0 Å². The van der Waals surface area contributed by atoms with Crippen molar-refractivity contribution in [2.24, 2.45) is 0 Å². The minimum atomic E-state index is 0.450. The van der Waals surface area contributed by atoms with Crippen LogP contribution >= 0.6 is 11.8 Å². The average Bonchev–Trinajstić information content (AvgIpc) is 2.54. The highest BCUT2D eigenvalue weighted by Gasteiger charge is 2.11. The molecular formula is C20H24S. The third kappa shape index (κ3) is 4.50. The first kappa shape index (κ1) is 15.9. The van der Waals surface area contributed by atoms with Gasteiger partial charge in [0.15, 0.2) is 0 Å². The molecule has 0 aliphatic carbocycles. The number of thioether (sulfide) groups is 1. The van der Waals surface area contributed by atoms with Gasteiger partial charge in [0.05, 0.1) is 0 Å². The lowest BCUT2D eigenvalue weighted by molar-refractivity contribution is 0.824. The van der Waals surface area contributed by atoms with Crippen LogP contribution in [0.4, 0.5) is 0 Å². The van der Waals surface area contributed by atoms with Crippen molar-refractivity contribution < 1.29 is 0 Å². The van der Waals surface area contributed by atoms with Gasteiger partial charge in [-0.1, -0.05) is 68.5 Å². The summed E-state index contributed by atoms with van der Waals surface area (Å²) in [7, 11) is 0. The molecule has 0 nitrogen and oxygen atoms in total. The summed E-state index contributed by atoms with van der Waals surface area (Å²) in [5, 5.41) is 0.450. The Kier molecular flexibility index (Phi) is 6.13. The smallest absolute Gasteiger partial charge is 0.0316 e. The van der Waals surface area contributed by atoms with Crippen molar-refractivity contribution >= 4 is 17.3 Å². The quantitative estimate of drug-likeness (QED) is 0.510. The fraction of sp³-hybridized carbons (Fsp3) is 0.300. The highest BCUT2D eigenvalue weighted by molar-refractivity contribution is 7.99. The van der Waals surface area contributed by atoms with Gasteiger partial charge >= 0.3 is 0 Å². The van der Waals surface area contributed by atoms with Gasteiger partial charge in [-0.15, -0.1) is 11.8 Å². The number of hydrogen-bond donors (Lipinski definition) is 0. The maximum atomic E-state index is 4.29. The zero-order valence-corrected chi connectivity index (χ0v) is 13.8. The lowest BCUT2D eigenvalue weighted by Gasteiger charge is -2.16. The fourth-order valence-electron chi connectivity index (χ4n) is 2.37. The maximum absolute atomic E-state index is 4.29. The molecule has 0 N–H and O–H groups in total. The molecule has 0 amide bonds. The second kappa shape index (κ2) is 8.09. The molecule has 21 heavy (non-hydrogen) atoms. The van der Waals surface area contributed by atoms with Gasteiger partial charge in [0.1, 0.15) is 0 Å². The van der Waals surface area contributed by atoms with E-state index in [2.05, 4.69) is 75.0 Å². The van der Waals surface area contributed by atoms with Crippen LogP contribution in [0.1, 0.15) is 49.5 Å². The first-order valence-electron chi connectivity index (χ1n) is 7.71. The van der Waals surface area contributed by atoms with Crippen LogP contribution < -0.4 is 0 Å². The molecule has 1 atom stereocenters. The van der Waals surface area contributed by atoms with Crippen LogP contribution in [0.25, 0.3) is 5.57 Å². The summed E-state index contributed by atoms with van der Waals surface area (Å²) in [6, 6.07) is 19.4. The molecule has 1 unspecified atom stereocenters. The van der Waals surface area contributed by atoms with Crippen molar-refractivity contribution in [2.45, 2.75) is 43.3 Å². The SMILES string of the molecule is C=C(CCCC)c1ccccc1SC(C)c1ccccc1. The van der Waals surface area contributed by atoms with Gasteiger partial charge in [-0.25, -0.2) is 0 Å². The lowest BCUT2D eigenvalue weighted by Crippen LogP contribution is -1.92. The third-order valence-corrected chi connectivity index (χ3v) is 4.91. The van der Waals surface area contributed by atoms with E-state index in [0.717, 1.165) is 6.42 Å². The molecule has 2 rings (SSSR count). The molecule has 0 saturated carbocycles. The molecule has 110 valence electrons. The maximum Gasteiger partial charge on any atom is 0.0316 e. The number of unbranched alkanes of at least 4 members (excludes halogenated alkanes) is 1. The number of rotatable bonds is 7. The number of hydrogen-bond acceptors (Lipinski definition) is 1. The summed E-state index contributed by atoms with van der Waals surface area (Å²) in [5.41, 5.74) is 3.95. The standard InChI is InChI=1S/C20H24S/c1-4-5-11-16(2)19-14-9-10-15-20(19)21-17(3)18-12-7-6-8-13-18/h6-10,12-15,17H,2,4-5,11H2,1,3H3. The van der Waals surface area contributed by atoms with Gasteiger partial charge in [-0.3, -0.25) is 0 Å². The zero-order valence-electron chi connectivity index (χ0n) is 13.0. The molecule has 0 spiro atoms. The molecule has 0 aliphatic rings. The van der Waals surface area contributed by atoms with Crippen molar-refractivity contribution in [1.29, 1.82) is 0 Å². The van der Waals surface area contributed by atoms with Crippen LogP contribution in [0, 0.1) is 0 Å². The monoisotopic (exact) mass is 296 g/mol. The Morgan fingerprint density at radius 2 is 1.71 bits per heavy atom. The largest absolute Gasteiger partial charge is 0.118 e. The van der Waals surface area contributed by atoms with Crippen LogP contribution in [-0.2, 0) is 0 Å². The Labute approximate surface area is 133 Å². The summed E-state index contributed by atoms with van der Waals surface area (Å²) in [6.07, 6.45) is 3.52. The molecular weight excluding hydrogens is 272 g/mol. The first-order valence-corrected chi connectivity index (χ1v) is 8.59. The van der Waals surface area contributed by atoms with Gasteiger partial charge in [0.25, 0.3) is 0 Å². The average molecular weight is 296 g/mol. The Hall–Kier alpha value is -1.47. The van der Waals surface area contributed by atoms with Crippen molar-refractivity contribution in [1.82, 2.24) is 0 Å². The van der Waals surface area contributed by atoms with E-state index in [1.165, 1.54) is 34.4 Å². The van der Waals surface area contributed by atoms with E-state index in [1.54, 1.807) is 0 Å². The Balaban J connectivity index is 2.15. The van der Waals surface area contributed by atoms with E-state index in [4.69, 9.17) is 0 Å². The molecule has 0 aromatic heterocycles. The molecule has 0 radical (unpaired) electrons. The molecule has 0 saturated heterocycles. The van der Waals surface area contributed by atoms with E-state index in [-0.39, 0.29) is 0 Å². The van der Waals surface area contributed by atoms with E-state index in [0.29, 0.717) is 5.25 Å². The molecule has 0 fully saturated rings. The molecule has 0 bridgehead atoms. The van der Waals surface area contributed by atoms with Gasteiger partial charge in [-0.2, -0.15) is 0 Å². The second-order valence-corrected chi connectivity index (χ2v) is 6.76. The summed E-state index contributed by atoms with van der Waals surface area (Å²) >= 11 is 1.92. The van der Waals surface area contributed by atoms with Crippen molar-refractivity contribution in [3.63, 3.8) is 0 Å². The number of allylic oxidation sites excluding steroid dienone is 1. The van der Waals surface area contributed by atoms with Gasteiger partial charge in [0, 0.05) is 10.1 Å². The summed E-state index contributed by atoms with van der Waals surface area (Å²) in [4.78, 5) is 1.34. The molecule has 2 aromatic carbocycles. The van der Waals surface area contributed by atoms with E-state index < -0.39 is 0 Å². The van der Waals surface area contributed by atoms with Crippen molar-refractivity contribution in [3.05, 3.63) is 72.3 Å². The highest BCUT2D eigenvalue weighted by atomic mass is 32.2. The fourth-order valence-corrected chi connectivity index (χ4v) is 3.54. The van der Waals surface area contributed by atoms with Crippen molar-refractivity contribution in [3.8, 4) is 0 Å². The Bertz CT molecular complexity index is 571. The summed E-state index contributed by atoms with van der Waals surface area (Å²) < 4.78 is 0. The summed E-state index contributed by atoms with van der Waals surface area (Å²) in [5.74, 6) is 0. The van der Waals surface area contributed by atoms with Gasteiger partial charge in [-0.05, 0) is 42.5 Å². The predicted octanol–water partition coefficient (Wildman–Crippen LogP) is 6.74. The normalized spacial score (nSPS) is 12.1. The first-order chi connectivity index (χ1) is 10.2. The highest BCUT2D eigenvalue weighted by Crippen LogP contribution is 2.38. The van der Waals surface area contributed by atoms with Crippen LogP contribution in [0.2, 0.25) is 0 Å². The third-order valence-electron chi connectivity index (χ3n) is 3.67. The van der Waals surface area contributed by atoms with Crippen LogP contribution in [0.5, 0.6) is 0 Å². The van der Waals surface area contributed by atoms with Crippen LogP contribution in [-0.4, -0.2) is 0 Å². The Morgan fingerprint density at radius 1 is 1.05 bits per heavy atom. The minimum Gasteiger partial charge on any atom is -0.118 e. The second-order valence-electron chi connectivity index (χ2n) is 5.37. The molecule has 2 aromatic rings. The van der Waals surface area contributed by atoms with Gasteiger partial charge in [0.2, 0.25) is 0 Å². The molecule has 0 heterocycles. The number of benzene rings is 2. The topological polar surface area (TPSA) is 0 Å². The van der Waals surface area contributed by atoms with E-state index in [1.807, 2.05) is 11.8 Å². The van der Waals surface area contributed by atoms with Crippen molar-refractivity contribution in [2.75, 3.05) is 0 Å². The van der Waals surface area contributed by atoms with Crippen LogP contribution in [0.15, 0.2) is 66.1 Å². The zero-order chi connectivity index (χ0) is 15.1. The molecule has 1 heteroatoms. The molecule has 0 aliphatic heterocycles. The predicted molar refractivity (Wildman–Crippen MR) is 95.7 cm³/mol. The minimum absolute atomic E-state index is 0.450. The summed E-state index contributed by atoms with van der Waals surface area (Å²) in [6.45, 7) is 8.79. The van der Waals surface area contributed by atoms with Crippen LogP contribution in [0.3, 0.4) is 0 Å².